The maximum atomic E-state index is 13.6. The van der Waals surface area contributed by atoms with Crippen LogP contribution in [0.5, 0.6) is 5.75 Å². The number of ether oxygens (including phenoxy) is 1. The zero-order valence-corrected chi connectivity index (χ0v) is 21.6. The van der Waals surface area contributed by atoms with Gasteiger partial charge in [0.1, 0.15) is 5.75 Å². The molecule has 190 valence electrons. The van der Waals surface area contributed by atoms with Crippen LogP contribution < -0.4 is 9.64 Å². The molecular weight excluding hydrogens is 446 g/mol. The molecule has 2 fully saturated rings. The van der Waals surface area contributed by atoms with Crippen molar-refractivity contribution in [2.24, 2.45) is 5.92 Å². The number of para-hydroxylation sites is 2. The van der Waals surface area contributed by atoms with Gasteiger partial charge in [0.05, 0.1) is 12.8 Å². The highest BCUT2D eigenvalue weighted by molar-refractivity contribution is 5.83. The molecule has 0 unspecified atom stereocenters. The third-order valence-corrected chi connectivity index (χ3v) is 7.94. The van der Waals surface area contributed by atoms with Crippen molar-refractivity contribution in [2.75, 3.05) is 51.3 Å². The molecular formula is C31H39N3O2. The molecule has 0 aromatic heterocycles. The Kier molecular flexibility index (Phi) is 8.07. The lowest BCUT2D eigenvalue weighted by Gasteiger charge is -2.38. The Hall–Kier alpha value is -3.05. The topological polar surface area (TPSA) is 36.0 Å². The van der Waals surface area contributed by atoms with Gasteiger partial charge < -0.3 is 14.5 Å². The predicted molar refractivity (Wildman–Crippen MR) is 148 cm³/mol. The minimum Gasteiger partial charge on any atom is -0.495 e. The fourth-order valence-corrected chi connectivity index (χ4v) is 5.80. The van der Waals surface area contributed by atoms with E-state index in [1.165, 1.54) is 41.3 Å². The van der Waals surface area contributed by atoms with Crippen molar-refractivity contribution in [3.63, 3.8) is 0 Å². The van der Waals surface area contributed by atoms with Crippen molar-refractivity contribution in [3.05, 3.63) is 72.3 Å². The molecule has 0 atom stereocenters. The Bertz CT molecular complexity index is 1150. The van der Waals surface area contributed by atoms with E-state index in [1.54, 1.807) is 7.11 Å². The van der Waals surface area contributed by atoms with Crippen LogP contribution in [-0.4, -0.2) is 62.1 Å². The van der Waals surface area contributed by atoms with E-state index in [4.69, 9.17) is 4.74 Å². The Morgan fingerprint density at radius 1 is 0.889 bits per heavy atom. The summed E-state index contributed by atoms with van der Waals surface area (Å²) in [5, 5.41) is 2.49. The summed E-state index contributed by atoms with van der Waals surface area (Å²) in [7, 11) is 1.74. The normalized spacial score (nSPS) is 17.3. The molecule has 1 saturated carbocycles. The van der Waals surface area contributed by atoms with Crippen LogP contribution >= 0.6 is 0 Å². The van der Waals surface area contributed by atoms with E-state index in [9.17, 15) is 4.79 Å². The van der Waals surface area contributed by atoms with Gasteiger partial charge in [0.25, 0.3) is 0 Å². The van der Waals surface area contributed by atoms with E-state index in [-0.39, 0.29) is 5.92 Å². The van der Waals surface area contributed by atoms with Gasteiger partial charge in [0.2, 0.25) is 5.91 Å². The first kappa shape index (κ1) is 24.6. The van der Waals surface area contributed by atoms with Crippen LogP contribution in [0.3, 0.4) is 0 Å². The van der Waals surface area contributed by atoms with Gasteiger partial charge in [-0.05, 0) is 47.4 Å². The van der Waals surface area contributed by atoms with Gasteiger partial charge in [-0.1, -0.05) is 67.8 Å². The Morgan fingerprint density at radius 3 is 2.39 bits per heavy atom. The van der Waals surface area contributed by atoms with Crippen LogP contribution in [-0.2, 0) is 11.3 Å². The third-order valence-electron chi connectivity index (χ3n) is 7.94. The number of hydrogen-bond acceptors (Lipinski definition) is 4. The lowest BCUT2D eigenvalue weighted by molar-refractivity contribution is -0.137. The summed E-state index contributed by atoms with van der Waals surface area (Å²) in [6.07, 6.45) is 5.73. The number of rotatable bonds is 8. The lowest BCUT2D eigenvalue weighted by Crippen LogP contribution is -2.49. The van der Waals surface area contributed by atoms with E-state index < -0.39 is 0 Å². The molecule has 1 saturated heterocycles. The predicted octanol–water partition coefficient (Wildman–Crippen LogP) is 5.58. The number of hydrogen-bond donors (Lipinski definition) is 0. The van der Waals surface area contributed by atoms with Crippen LogP contribution in [0.2, 0.25) is 0 Å². The Morgan fingerprint density at radius 2 is 1.61 bits per heavy atom. The highest BCUT2D eigenvalue weighted by Crippen LogP contribution is 2.29. The van der Waals surface area contributed by atoms with Crippen molar-refractivity contribution in [2.45, 2.75) is 38.6 Å². The molecule has 2 aliphatic rings. The molecule has 5 rings (SSSR count). The van der Waals surface area contributed by atoms with Gasteiger partial charge in [-0.3, -0.25) is 9.69 Å². The average molecular weight is 486 g/mol. The fourth-order valence-electron chi connectivity index (χ4n) is 5.80. The van der Waals surface area contributed by atoms with Crippen LogP contribution in [0.15, 0.2) is 66.7 Å². The van der Waals surface area contributed by atoms with Gasteiger partial charge in [-0.2, -0.15) is 0 Å². The smallest absolute Gasteiger partial charge is 0.226 e. The number of carbonyl (C=O) groups excluding carboxylic acids is 1. The quantitative estimate of drug-likeness (QED) is 0.417. The minimum atomic E-state index is 0.196. The molecule has 5 heteroatoms. The lowest BCUT2D eigenvalue weighted by atomic mass is 9.88. The second-order valence-electron chi connectivity index (χ2n) is 10.3. The maximum absolute atomic E-state index is 13.6. The monoisotopic (exact) mass is 485 g/mol. The average Bonchev–Trinajstić information content (AvgIpc) is 2.95. The number of piperazine rings is 1. The highest BCUT2D eigenvalue weighted by atomic mass is 16.5. The fraction of sp³-hybridized carbons (Fsp3) is 0.452. The number of carbonyl (C=O) groups is 1. The van der Waals surface area contributed by atoms with Crippen molar-refractivity contribution in [1.29, 1.82) is 0 Å². The second kappa shape index (κ2) is 11.8. The van der Waals surface area contributed by atoms with E-state index in [1.807, 2.05) is 12.1 Å². The van der Waals surface area contributed by atoms with E-state index in [2.05, 4.69) is 69.3 Å². The second-order valence-corrected chi connectivity index (χ2v) is 10.3. The van der Waals surface area contributed by atoms with Crippen LogP contribution in [0, 0.1) is 5.92 Å². The van der Waals surface area contributed by atoms with E-state index in [0.29, 0.717) is 12.5 Å². The first-order valence-corrected chi connectivity index (χ1v) is 13.6. The molecule has 1 amide bonds. The summed E-state index contributed by atoms with van der Waals surface area (Å²) in [5.74, 6) is 1.49. The molecule has 36 heavy (non-hydrogen) atoms. The third kappa shape index (κ3) is 5.84. The van der Waals surface area contributed by atoms with E-state index >= 15 is 0 Å². The van der Waals surface area contributed by atoms with E-state index in [0.717, 1.165) is 57.9 Å². The number of nitrogens with zero attached hydrogens (tertiary/aromatic N) is 3. The molecule has 1 aliphatic heterocycles. The SMILES string of the molecule is COc1ccccc1N1CCN(CCN(Cc2ccc3ccccc3c2)C(=O)C2CCCCC2)CC1. The van der Waals surface area contributed by atoms with Gasteiger partial charge in [-0.15, -0.1) is 0 Å². The summed E-state index contributed by atoms with van der Waals surface area (Å²) in [4.78, 5) is 20.7. The summed E-state index contributed by atoms with van der Waals surface area (Å²) in [6.45, 7) is 6.35. The molecule has 3 aromatic rings. The number of anilines is 1. The summed E-state index contributed by atoms with van der Waals surface area (Å²) < 4.78 is 5.57. The van der Waals surface area contributed by atoms with Gasteiger partial charge in [0.15, 0.2) is 0 Å². The van der Waals surface area contributed by atoms with Gasteiger partial charge in [-0.25, -0.2) is 0 Å². The summed E-state index contributed by atoms with van der Waals surface area (Å²) in [5.41, 5.74) is 2.39. The summed E-state index contributed by atoms with van der Waals surface area (Å²) >= 11 is 0. The molecule has 0 radical (unpaired) electrons. The van der Waals surface area contributed by atoms with Crippen LogP contribution in [0.25, 0.3) is 10.8 Å². The minimum absolute atomic E-state index is 0.196. The zero-order valence-electron chi connectivity index (χ0n) is 21.6. The largest absolute Gasteiger partial charge is 0.495 e. The molecule has 1 aliphatic carbocycles. The van der Waals surface area contributed by atoms with Crippen molar-refractivity contribution in [3.8, 4) is 5.75 Å². The first-order valence-electron chi connectivity index (χ1n) is 13.6. The first-order chi connectivity index (χ1) is 17.7. The maximum Gasteiger partial charge on any atom is 0.226 e. The van der Waals surface area contributed by atoms with Crippen LogP contribution in [0.1, 0.15) is 37.7 Å². The zero-order chi connectivity index (χ0) is 24.7. The summed E-state index contributed by atoms with van der Waals surface area (Å²) in [6, 6.07) is 23.4. The van der Waals surface area contributed by atoms with Gasteiger partial charge in [0, 0.05) is 51.7 Å². The number of amides is 1. The van der Waals surface area contributed by atoms with Crippen molar-refractivity contribution < 1.29 is 9.53 Å². The number of benzene rings is 3. The Labute approximate surface area is 215 Å². The van der Waals surface area contributed by atoms with Crippen molar-refractivity contribution >= 4 is 22.4 Å². The highest BCUT2D eigenvalue weighted by Gasteiger charge is 2.27. The molecule has 1 heterocycles. The number of methoxy groups -OCH3 is 1. The number of fused-ring (bicyclic) bond motifs is 1. The van der Waals surface area contributed by atoms with Crippen LogP contribution in [0.4, 0.5) is 5.69 Å². The molecule has 3 aromatic carbocycles. The molecule has 5 nitrogen and oxygen atoms in total. The van der Waals surface area contributed by atoms with Gasteiger partial charge >= 0.3 is 0 Å². The Balaban J connectivity index is 1.23. The molecule has 0 spiro atoms. The standard InChI is InChI=1S/C31H39N3O2/c1-36-30-14-8-7-13-29(30)33-20-17-32(18-21-33)19-22-34(31(35)27-10-3-2-4-11-27)24-25-15-16-26-9-5-6-12-28(26)23-25/h5-9,12-16,23,27H,2-4,10-11,17-22,24H2,1H3. The molecule has 0 bridgehead atoms. The van der Waals surface area contributed by atoms with Crippen molar-refractivity contribution in [1.82, 2.24) is 9.80 Å². The molecule has 0 N–H and O–H groups in total.